The van der Waals surface area contributed by atoms with Crippen LogP contribution in [0.5, 0.6) is 0 Å². The molecular weight excluding hydrogens is 164 g/mol. The summed E-state index contributed by atoms with van der Waals surface area (Å²) in [5, 5.41) is 3.72. The molecule has 0 saturated heterocycles. The van der Waals surface area contributed by atoms with Crippen molar-refractivity contribution in [1.29, 1.82) is 0 Å². The summed E-state index contributed by atoms with van der Waals surface area (Å²) < 4.78 is 1.86. The van der Waals surface area contributed by atoms with Gasteiger partial charge < -0.3 is 5.84 Å². The van der Waals surface area contributed by atoms with Crippen molar-refractivity contribution in [2.75, 3.05) is 0 Å². The highest BCUT2D eigenvalue weighted by atomic mass is 15.2. The van der Waals surface area contributed by atoms with Gasteiger partial charge in [0.25, 0.3) is 0 Å². The van der Waals surface area contributed by atoms with Crippen molar-refractivity contribution in [1.82, 2.24) is 9.55 Å². The normalized spacial score (nSPS) is 12.7. The van der Waals surface area contributed by atoms with Crippen molar-refractivity contribution in [2.24, 2.45) is 10.9 Å². The molecule has 1 aromatic rings. The molecule has 0 atom stereocenters. The molecule has 0 aliphatic rings. The Morgan fingerprint density at radius 2 is 2.23 bits per heavy atom. The number of rotatable bonds is 1. The number of nitrogens with zero attached hydrogens (tertiary/aromatic N) is 3. The highest BCUT2D eigenvalue weighted by Gasteiger charge is 1.98. The Balaban J connectivity index is 3.54. The van der Waals surface area contributed by atoms with Gasteiger partial charge in [0.15, 0.2) is 5.49 Å². The van der Waals surface area contributed by atoms with Crippen LogP contribution in [0.2, 0.25) is 0 Å². The van der Waals surface area contributed by atoms with Gasteiger partial charge in [-0.15, -0.1) is 0 Å². The predicted octanol–water partition coefficient (Wildman–Crippen LogP) is 0.765. The van der Waals surface area contributed by atoms with Crippen LogP contribution >= 0.6 is 0 Å². The number of hydrogen-bond donors (Lipinski definition) is 1. The monoisotopic (exact) mass is 178 g/mol. The van der Waals surface area contributed by atoms with E-state index in [-0.39, 0.29) is 0 Å². The van der Waals surface area contributed by atoms with Gasteiger partial charge in [0.2, 0.25) is 0 Å². The van der Waals surface area contributed by atoms with E-state index in [2.05, 4.69) is 10.1 Å². The van der Waals surface area contributed by atoms with Crippen LogP contribution in [0.25, 0.3) is 6.20 Å². The first-order chi connectivity index (χ1) is 6.20. The van der Waals surface area contributed by atoms with Gasteiger partial charge in [0.1, 0.15) is 5.82 Å². The van der Waals surface area contributed by atoms with Gasteiger partial charge in [-0.2, -0.15) is 5.10 Å². The summed E-state index contributed by atoms with van der Waals surface area (Å²) >= 11 is 0. The van der Waals surface area contributed by atoms with E-state index in [4.69, 9.17) is 5.84 Å². The second-order valence-corrected chi connectivity index (χ2v) is 2.79. The van der Waals surface area contributed by atoms with Crippen LogP contribution in [-0.4, -0.2) is 9.55 Å². The highest BCUT2D eigenvalue weighted by Crippen LogP contribution is 1.93. The van der Waals surface area contributed by atoms with E-state index in [9.17, 15) is 0 Å². The molecule has 0 unspecified atom stereocenters. The summed E-state index contributed by atoms with van der Waals surface area (Å²) in [5.41, 5.74) is 1.71. The quantitative estimate of drug-likeness (QED) is 0.510. The molecule has 0 amide bonds. The molecule has 70 valence electrons. The van der Waals surface area contributed by atoms with E-state index in [1.807, 2.05) is 37.6 Å². The van der Waals surface area contributed by atoms with E-state index >= 15 is 0 Å². The van der Waals surface area contributed by atoms with Gasteiger partial charge in [0.05, 0.1) is 0 Å². The van der Waals surface area contributed by atoms with Gasteiger partial charge in [-0.05, 0) is 20.8 Å². The second kappa shape index (κ2) is 3.89. The molecule has 4 nitrogen and oxygen atoms in total. The van der Waals surface area contributed by atoms with Gasteiger partial charge in [-0.3, -0.25) is 4.57 Å². The molecule has 0 fully saturated rings. The molecule has 0 aliphatic heterocycles. The van der Waals surface area contributed by atoms with E-state index in [1.165, 1.54) is 0 Å². The van der Waals surface area contributed by atoms with Crippen LogP contribution in [0.3, 0.4) is 0 Å². The number of aromatic nitrogens is 2. The number of aryl methyl sites for hydroxylation is 2. The first kappa shape index (κ1) is 9.51. The van der Waals surface area contributed by atoms with Crippen LogP contribution in [0, 0.1) is 13.8 Å². The average molecular weight is 178 g/mol. The Hall–Kier alpha value is -1.58. The van der Waals surface area contributed by atoms with Crippen molar-refractivity contribution in [3.63, 3.8) is 0 Å². The lowest BCUT2D eigenvalue weighted by atomic mass is 10.3. The smallest absolute Gasteiger partial charge is 0.162 e. The fraction of sp³-hybridized carbons (Fsp3) is 0.333. The van der Waals surface area contributed by atoms with Crippen molar-refractivity contribution < 1.29 is 0 Å². The van der Waals surface area contributed by atoms with Crippen molar-refractivity contribution in [3.05, 3.63) is 29.1 Å². The number of nitrogens with two attached hydrogens (primary N) is 1. The maximum atomic E-state index is 5.29. The maximum absolute atomic E-state index is 5.29. The zero-order valence-electron chi connectivity index (χ0n) is 8.15. The van der Waals surface area contributed by atoms with Crippen molar-refractivity contribution in [3.8, 4) is 0 Å². The molecule has 0 aliphatic carbocycles. The molecule has 0 bridgehead atoms. The molecule has 1 aromatic heterocycles. The Morgan fingerprint density at radius 3 is 2.77 bits per heavy atom. The average Bonchev–Trinajstić information content (AvgIpc) is 2.12. The highest BCUT2D eigenvalue weighted by molar-refractivity contribution is 5.24. The fourth-order valence-electron chi connectivity index (χ4n) is 1.14. The minimum atomic E-state index is 0.741. The molecule has 0 aromatic carbocycles. The third kappa shape index (κ3) is 1.77. The molecule has 13 heavy (non-hydrogen) atoms. The Bertz CT molecular complexity index is 387. The van der Waals surface area contributed by atoms with Crippen molar-refractivity contribution >= 4 is 6.20 Å². The summed E-state index contributed by atoms with van der Waals surface area (Å²) in [6.07, 6.45) is 5.57. The van der Waals surface area contributed by atoms with E-state index in [1.54, 1.807) is 6.20 Å². The van der Waals surface area contributed by atoms with Gasteiger partial charge in [0, 0.05) is 18.0 Å². The molecule has 1 heterocycles. The first-order valence-corrected chi connectivity index (χ1v) is 4.12. The van der Waals surface area contributed by atoms with Crippen LogP contribution in [0.15, 0.2) is 17.4 Å². The summed E-state index contributed by atoms with van der Waals surface area (Å²) in [7, 11) is 0. The molecule has 4 heteroatoms. The lowest BCUT2D eigenvalue weighted by molar-refractivity contribution is 0.847. The van der Waals surface area contributed by atoms with E-state index in [0.29, 0.717) is 0 Å². The number of hydrogen-bond acceptors (Lipinski definition) is 3. The minimum absolute atomic E-state index is 0.741. The number of allylic oxidation sites excluding steroid dienone is 1. The lowest BCUT2D eigenvalue weighted by Crippen LogP contribution is -2.24. The SMILES string of the molecule is C/C=C\n1c(C)ncc(C)/c1=N/N. The Kier molecular flexibility index (Phi) is 2.84. The van der Waals surface area contributed by atoms with Crippen LogP contribution in [0.1, 0.15) is 18.3 Å². The zero-order valence-corrected chi connectivity index (χ0v) is 8.15. The summed E-state index contributed by atoms with van der Waals surface area (Å²) in [6.45, 7) is 5.78. The lowest BCUT2D eigenvalue weighted by Gasteiger charge is -2.05. The van der Waals surface area contributed by atoms with E-state index < -0.39 is 0 Å². The summed E-state index contributed by atoms with van der Waals surface area (Å²) in [5.74, 6) is 6.16. The predicted molar refractivity (Wildman–Crippen MR) is 52.5 cm³/mol. The molecule has 2 N–H and O–H groups in total. The maximum Gasteiger partial charge on any atom is 0.162 e. The largest absolute Gasteiger partial charge is 0.321 e. The summed E-state index contributed by atoms with van der Waals surface area (Å²) in [6, 6.07) is 0. The van der Waals surface area contributed by atoms with Gasteiger partial charge >= 0.3 is 0 Å². The standard InChI is InChI=1S/C9H14N4/c1-4-5-13-8(3)11-6-7(2)9(13)12-10/h4-6H,10H2,1-3H3/b5-4-,12-9-. The van der Waals surface area contributed by atoms with Gasteiger partial charge in [-0.1, -0.05) is 6.08 Å². The molecule has 0 spiro atoms. The van der Waals surface area contributed by atoms with Crippen LogP contribution in [-0.2, 0) is 0 Å². The van der Waals surface area contributed by atoms with Crippen LogP contribution < -0.4 is 11.3 Å². The summed E-state index contributed by atoms with van der Waals surface area (Å²) in [4.78, 5) is 4.20. The Labute approximate surface area is 77.4 Å². The third-order valence-electron chi connectivity index (χ3n) is 1.79. The topological polar surface area (TPSA) is 56.2 Å². The second-order valence-electron chi connectivity index (χ2n) is 2.79. The molecular formula is C9H14N4. The van der Waals surface area contributed by atoms with Crippen molar-refractivity contribution in [2.45, 2.75) is 20.8 Å². The van der Waals surface area contributed by atoms with Crippen LogP contribution in [0.4, 0.5) is 0 Å². The molecule has 0 radical (unpaired) electrons. The first-order valence-electron chi connectivity index (χ1n) is 4.12. The minimum Gasteiger partial charge on any atom is -0.321 e. The third-order valence-corrected chi connectivity index (χ3v) is 1.79. The molecule has 0 saturated carbocycles. The van der Waals surface area contributed by atoms with E-state index in [0.717, 1.165) is 16.9 Å². The zero-order chi connectivity index (χ0) is 9.84. The Morgan fingerprint density at radius 1 is 1.54 bits per heavy atom. The van der Waals surface area contributed by atoms with Gasteiger partial charge in [-0.25, -0.2) is 4.98 Å². The molecule has 1 rings (SSSR count). The fourth-order valence-corrected chi connectivity index (χ4v) is 1.14.